The third kappa shape index (κ3) is 4.35. The highest BCUT2D eigenvalue weighted by atomic mass is 16.5. The first-order valence-electron chi connectivity index (χ1n) is 11.5. The van der Waals surface area contributed by atoms with Crippen LogP contribution < -0.4 is 10.1 Å². The maximum absolute atomic E-state index is 12.9. The Kier molecular flexibility index (Phi) is 5.83. The van der Waals surface area contributed by atoms with Crippen molar-refractivity contribution in [3.63, 3.8) is 0 Å². The van der Waals surface area contributed by atoms with E-state index in [-0.39, 0.29) is 11.8 Å². The SMILES string of the molecule is CCOc1ccc(-c2ccc(NC(=O)[C@@H]3C[C@H]3C3CCCCC3)cc2-c2nn[nH]n2)cn1. The summed E-state index contributed by atoms with van der Waals surface area (Å²) >= 11 is 0. The molecule has 8 heteroatoms. The van der Waals surface area contributed by atoms with Gasteiger partial charge in [0.1, 0.15) is 0 Å². The highest BCUT2D eigenvalue weighted by Gasteiger charge is 2.47. The van der Waals surface area contributed by atoms with Gasteiger partial charge in [-0.2, -0.15) is 5.21 Å². The number of rotatable bonds is 7. The van der Waals surface area contributed by atoms with Gasteiger partial charge in [0.2, 0.25) is 17.6 Å². The minimum Gasteiger partial charge on any atom is -0.478 e. The molecular weight excluding hydrogens is 404 g/mol. The number of anilines is 1. The molecule has 2 saturated carbocycles. The normalized spacial score (nSPS) is 20.7. The predicted molar refractivity (Wildman–Crippen MR) is 121 cm³/mol. The number of carbonyl (C=O) groups excluding carboxylic acids is 1. The first-order valence-corrected chi connectivity index (χ1v) is 11.5. The van der Waals surface area contributed by atoms with Gasteiger partial charge in [-0.1, -0.05) is 38.2 Å². The van der Waals surface area contributed by atoms with Crippen LogP contribution in [0.2, 0.25) is 0 Å². The van der Waals surface area contributed by atoms with Crippen molar-refractivity contribution in [2.24, 2.45) is 17.8 Å². The minimum absolute atomic E-state index is 0.120. The van der Waals surface area contributed by atoms with E-state index in [1.807, 2.05) is 37.3 Å². The molecule has 2 heterocycles. The molecule has 3 aromatic rings. The molecular formula is C24H28N6O2. The fourth-order valence-corrected chi connectivity index (χ4v) is 4.94. The van der Waals surface area contributed by atoms with Crippen molar-refractivity contribution in [2.75, 3.05) is 11.9 Å². The molecule has 32 heavy (non-hydrogen) atoms. The van der Waals surface area contributed by atoms with E-state index < -0.39 is 0 Å². The summed E-state index contributed by atoms with van der Waals surface area (Å²) in [4.78, 5) is 17.3. The van der Waals surface area contributed by atoms with Gasteiger partial charge in [0.15, 0.2) is 0 Å². The molecule has 2 atom stereocenters. The average Bonchev–Trinajstić information content (AvgIpc) is 3.45. The summed E-state index contributed by atoms with van der Waals surface area (Å²) in [6, 6.07) is 9.59. The van der Waals surface area contributed by atoms with Crippen molar-refractivity contribution in [2.45, 2.75) is 45.4 Å². The molecule has 2 N–H and O–H groups in total. The monoisotopic (exact) mass is 432 g/mol. The fraction of sp³-hybridized carbons (Fsp3) is 0.458. The largest absolute Gasteiger partial charge is 0.478 e. The van der Waals surface area contributed by atoms with Crippen LogP contribution in [0.5, 0.6) is 5.88 Å². The van der Waals surface area contributed by atoms with Gasteiger partial charge in [0.05, 0.1) is 6.61 Å². The predicted octanol–water partition coefficient (Wildman–Crippen LogP) is 4.48. The van der Waals surface area contributed by atoms with Gasteiger partial charge in [-0.15, -0.1) is 10.2 Å². The van der Waals surface area contributed by atoms with E-state index in [9.17, 15) is 4.79 Å². The number of aromatic amines is 1. The van der Waals surface area contributed by atoms with Crippen LogP contribution in [0.15, 0.2) is 36.5 Å². The number of nitrogens with one attached hydrogen (secondary N) is 2. The average molecular weight is 433 g/mol. The number of H-pyrrole nitrogens is 1. The Balaban J connectivity index is 1.35. The molecule has 5 rings (SSSR count). The topological polar surface area (TPSA) is 106 Å². The maximum atomic E-state index is 12.9. The molecule has 166 valence electrons. The number of carbonyl (C=O) groups is 1. The van der Waals surface area contributed by atoms with Crippen molar-refractivity contribution in [3.05, 3.63) is 36.5 Å². The first kappa shape index (κ1) is 20.6. The second-order valence-electron chi connectivity index (χ2n) is 8.71. The number of hydrogen-bond acceptors (Lipinski definition) is 6. The summed E-state index contributed by atoms with van der Waals surface area (Å²) in [7, 11) is 0. The lowest BCUT2D eigenvalue weighted by molar-refractivity contribution is -0.117. The fourth-order valence-electron chi connectivity index (χ4n) is 4.94. The molecule has 8 nitrogen and oxygen atoms in total. The van der Waals surface area contributed by atoms with E-state index in [4.69, 9.17) is 4.74 Å². The molecule has 0 spiro atoms. The highest BCUT2D eigenvalue weighted by molar-refractivity contribution is 5.96. The summed E-state index contributed by atoms with van der Waals surface area (Å²) in [5.74, 6) is 2.59. The Morgan fingerprint density at radius 1 is 1.16 bits per heavy atom. The van der Waals surface area contributed by atoms with E-state index in [1.165, 1.54) is 32.1 Å². The van der Waals surface area contributed by atoms with Crippen molar-refractivity contribution >= 4 is 11.6 Å². The number of hydrogen-bond donors (Lipinski definition) is 2. The second kappa shape index (κ2) is 9.06. The zero-order valence-corrected chi connectivity index (χ0v) is 18.3. The van der Waals surface area contributed by atoms with Gasteiger partial charge in [-0.05, 0) is 54.2 Å². The van der Waals surface area contributed by atoms with E-state index in [1.54, 1.807) is 6.20 Å². The molecule has 0 unspecified atom stereocenters. The Morgan fingerprint density at radius 2 is 2.03 bits per heavy atom. The quantitative estimate of drug-likeness (QED) is 0.570. The van der Waals surface area contributed by atoms with Crippen LogP contribution in [0.3, 0.4) is 0 Å². The summed E-state index contributed by atoms with van der Waals surface area (Å²) in [6.07, 6.45) is 9.31. The lowest BCUT2D eigenvalue weighted by Gasteiger charge is -2.21. The van der Waals surface area contributed by atoms with Crippen LogP contribution in [-0.2, 0) is 4.79 Å². The van der Waals surface area contributed by atoms with Gasteiger partial charge in [0, 0.05) is 35.0 Å². The Morgan fingerprint density at radius 3 is 2.75 bits per heavy atom. The minimum atomic E-state index is 0.120. The zero-order chi connectivity index (χ0) is 21.9. The summed E-state index contributed by atoms with van der Waals surface area (Å²) in [6.45, 7) is 2.49. The number of benzene rings is 1. The summed E-state index contributed by atoms with van der Waals surface area (Å²) in [5, 5.41) is 17.6. The second-order valence-corrected chi connectivity index (χ2v) is 8.71. The van der Waals surface area contributed by atoms with Crippen molar-refractivity contribution in [1.29, 1.82) is 0 Å². The first-order chi connectivity index (χ1) is 15.7. The Hall–Kier alpha value is -3.29. The molecule has 2 aliphatic carbocycles. The van der Waals surface area contributed by atoms with Crippen LogP contribution in [0.1, 0.15) is 45.4 Å². The molecule has 0 radical (unpaired) electrons. The number of pyridine rings is 1. The van der Waals surface area contributed by atoms with Crippen LogP contribution in [-0.4, -0.2) is 38.1 Å². The van der Waals surface area contributed by atoms with Gasteiger partial charge >= 0.3 is 0 Å². The van der Waals surface area contributed by atoms with Crippen molar-refractivity contribution < 1.29 is 9.53 Å². The Bertz CT molecular complexity index is 1060. The molecule has 0 saturated heterocycles. The molecule has 0 aliphatic heterocycles. The smallest absolute Gasteiger partial charge is 0.227 e. The maximum Gasteiger partial charge on any atom is 0.227 e. The van der Waals surface area contributed by atoms with E-state index in [0.717, 1.165) is 34.7 Å². The van der Waals surface area contributed by atoms with Crippen molar-refractivity contribution in [3.8, 4) is 28.4 Å². The highest BCUT2D eigenvalue weighted by Crippen LogP contribution is 2.49. The standard InChI is InChI=1S/C24H28N6O2/c1-2-32-22-11-8-16(14-25-22)18-10-9-17(12-20(18)23-27-29-30-28-23)26-24(31)21-13-19(21)15-6-4-3-5-7-15/h8-12,14-15,19,21H,2-7,13H2,1H3,(H,26,31)(H,27,28,29,30)/t19-,21+/m0/s1. The van der Waals surface area contributed by atoms with E-state index in [2.05, 4.69) is 30.9 Å². The van der Waals surface area contributed by atoms with Crippen LogP contribution in [0, 0.1) is 17.8 Å². The summed E-state index contributed by atoms with van der Waals surface area (Å²) in [5.41, 5.74) is 3.34. The third-order valence-corrected chi connectivity index (χ3v) is 6.64. The molecule has 0 bridgehead atoms. The van der Waals surface area contributed by atoms with Gasteiger partial charge in [0.25, 0.3) is 0 Å². The zero-order valence-electron chi connectivity index (χ0n) is 18.3. The van der Waals surface area contributed by atoms with Crippen LogP contribution in [0.4, 0.5) is 5.69 Å². The van der Waals surface area contributed by atoms with Crippen molar-refractivity contribution in [1.82, 2.24) is 25.6 Å². The van der Waals surface area contributed by atoms with Crippen LogP contribution >= 0.6 is 0 Å². The number of ether oxygens (including phenoxy) is 1. The molecule has 2 fully saturated rings. The molecule has 1 aromatic carbocycles. The van der Waals surface area contributed by atoms with Crippen LogP contribution in [0.25, 0.3) is 22.5 Å². The summed E-state index contributed by atoms with van der Waals surface area (Å²) < 4.78 is 5.44. The number of tetrazole rings is 1. The molecule has 1 amide bonds. The Labute approximate surface area is 187 Å². The van der Waals surface area contributed by atoms with Gasteiger partial charge < -0.3 is 10.1 Å². The molecule has 2 aromatic heterocycles. The van der Waals surface area contributed by atoms with Gasteiger partial charge in [-0.25, -0.2) is 4.98 Å². The lowest BCUT2D eigenvalue weighted by atomic mass is 9.85. The van der Waals surface area contributed by atoms with Gasteiger partial charge in [-0.3, -0.25) is 4.79 Å². The third-order valence-electron chi connectivity index (χ3n) is 6.64. The molecule has 2 aliphatic rings. The van der Waals surface area contributed by atoms with E-state index >= 15 is 0 Å². The van der Waals surface area contributed by atoms with E-state index in [0.29, 0.717) is 24.2 Å². The number of nitrogens with zero attached hydrogens (tertiary/aromatic N) is 4. The lowest BCUT2D eigenvalue weighted by Crippen LogP contribution is -2.18. The number of amides is 1. The number of aromatic nitrogens is 5.